The minimum absolute atomic E-state index is 0.277. The number of aryl methyl sites for hydroxylation is 1. The molecule has 4 aromatic rings. The molecule has 154 valence electrons. The molecule has 0 aliphatic carbocycles. The van der Waals surface area contributed by atoms with Gasteiger partial charge in [0.25, 0.3) is 0 Å². The summed E-state index contributed by atoms with van der Waals surface area (Å²) >= 11 is 0. The fraction of sp³-hybridized carbons (Fsp3) is 0.217. The number of carbonyl (C=O) groups excluding carboxylic acids is 1. The lowest BCUT2D eigenvalue weighted by Gasteiger charge is -2.19. The molecule has 1 atom stereocenters. The van der Waals surface area contributed by atoms with Crippen molar-refractivity contribution in [1.82, 2.24) is 20.1 Å². The van der Waals surface area contributed by atoms with Crippen molar-refractivity contribution in [2.45, 2.75) is 19.5 Å². The highest BCUT2D eigenvalue weighted by atomic mass is 16.5. The smallest absolute Gasteiger partial charge is 0.320 e. The zero-order chi connectivity index (χ0) is 20.9. The highest BCUT2D eigenvalue weighted by molar-refractivity contribution is 5.89. The number of anilines is 1. The summed E-state index contributed by atoms with van der Waals surface area (Å²) < 4.78 is 7.14. The van der Waals surface area contributed by atoms with Gasteiger partial charge in [-0.3, -0.25) is 5.32 Å². The Hall–Kier alpha value is -3.58. The van der Waals surface area contributed by atoms with Gasteiger partial charge in [-0.15, -0.1) is 0 Å². The van der Waals surface area contributed by atoms with Crippen molar-refractivity contribution in [2.24, 2.45) is 0 Å². The van der Waals surface area contributed by atoms with E-state index in [1.165, 1.54) is 0 Å². The second-order valence-corrected chi connectivity index (χ2v) is 7.24. The van der Waals surface area contributed by atoms with E-state index in [1.807, 2.05) is 67.7 Å². The normalized spacial score (nSPS) is 12.1. The number of nitrogens with one attached hydrogen (secondary N) is 3. The Bertz CT molecular complexity index is 1130. The largest absolute Gasteiger partial charge is 0.382 e. The molecule has 2 amide bonds. The molecule has 0 saturated carbocycles. The first-order valence-electron chi connectivity index (χ1n) is 9.84. The number of carbonyl (C=O) groups is 1. The number of H-pyrrole nitrogens is 1. The van der Waals surface area contributed by atoms with E-state index >= 15 is 0 Å². The number of urea groups is 1. The maximum Gasteiger partial charge on any atom is 0.320 e. The van der Waals surface area contributed by atoms with Gasteiger partial charge in [0.2, 0.25) is 0 Å². The summed E-state index contributed by atoms with van der Waals surface area (Å²) in [6.07, 6.45) is 1.90. The van der Waals surface area contributed by atoms with Crippen molar-refractivity contribution < 1.29 is 9.53 Å². The SMILES string of the molecule is COCC(NC(=O)Nc1cc(C)nn1Cc1ccccc1)c1ccc2[nH]ccc2c1. The zero-order valence-corrected chi connectivity index (χ0v) is 17.1. The van der Waals surface area contributed by atoms with E-state index in [0.717, 1.165) is 27.7 Å². The van der Waals surface area contributed by atoms with Gasteiger partial charge in [-0.25, -0.2) is 9.48 Å². The standard InChI is InChI=1S/C23H25N5O2/c1-16-12-22(28(27-16)14-17-6-4-3-5-7-17)26-23(29)25-21(15-30-2)18-8-9-20-19(13-18)10-11-24-20/h3-13,21,24H,14-15H2,1-2H3,(H2,25,26,29). The molecule has 7 heteroatoms. The number of nitrogens with zero attached hydrogens (tertiary/aromatic N) is 2. The van der Waals surface area contributed by atoms with Crippen LogP contribution in [-0.2, 0) is 11.3 Å². The summed E-state index contributed by atoms with van der Waals surface area (Å²) in [5, 5.41) is 11.5. The molecule has 7 nitrogen and oxygen atoms in total. The second-order valence-electron chi connectivity index (χ2n) is 7.24. The molecule has 0 bridgehead atoms. The van der Waals surface area contributed by atoms with Crippen LogP contribution < -0.4 is 10.6 Å². The summed E-state index contributed by atoms with van der Waals surface area (Å²) in [6, 6.07) is 19.4. The molecular formula is C23H25N5O2. The average molecular weight is 403 g/mol. The lowest BCUT2D eigenvalue weighted by Crippen LogP contribution is -2.35. The molecule has 4 rings (SSSR count). The van der Waals surface area contributed by atoms with E-state index in [2.05, 4.69) is 26.8 Å². The Morgan fingerprint density at radius 2 is 2.00 bits per heavy atom. The molecule has 2 heterocycles. The molecule has 30 heavy (non-hydrogen) atoms. The Balaban J connectivity index is 1.48. The molecule has 3 N–H and O–H groups in total. The van der Waals surface area contributed by atoms with E-state index in [-0.39, 0.29) is 12.1 Å². The molecule has 2 aromatic heterocycles. The molecule has 0 radical (unpaired) electrons. The quantitative estimate of drug-likeness (QED) is 0.432. The van der Waals surface area contributed by atoms with Gasteiger partial charge in [0.05, 0.1) is 24.9 Å². The van der Waals surface area contributed by atoms with Crippen LogP contribution in [0.3, 0.4) is 0 Å². The zero-order valence-electron chi connectivity index (χ0n) is 17.1. The Kier molecular flexibility index (Phi) is 5.81. The molecule has 0 spiro atoms. The topological polar surface area (TPSA) is 84.0 Å². The highest BCUT2D eigenvalue weighted by Gasteiger charge is 2.17. The molecule has 2 aromatic carbocycles. The molecule has 0 aliphatic rings. The van der Waals surface area contributed by atoms with Crippen LogP contribution in [0, 0.1) is 6.92 Å². The van der Waals surface area contributed by atoms with E-state index in [4.69, 9.17) is 4.74 Å². The summed E-state index contributed by atoms with van der Waals surface area (Å²) in [6.45, 7) is 2.85. The number of hydrogen-bond acceptors (Lipinski definition) is 3. The fourth-order valence-corrected chi connectivity index (χ4v) is 3.51. The maximum atomic E-state index is 12.8. The van der Waals surface area contributed by atoms with Gasteiger partial charge in [0.1, 0.15) is 5.82 Å². The van der Waals surface area contributed by atoms with Crippen molar-refractivity contribution in [1.29, 1.82) is 0 Å². The minimum atomic E-state index is -0.305. The number of methoxy groups -OCH3 is 1. The first-order valence-corrected chi connectivity index (χ1v) is 9.84. The third kappa shape index (κ3) is 4.52. The number of aromatic amines is 1. The molecular weight excluding hydrogens is 378 g/mol. The van der Waals surface area contributed by atoms with Gasteiger partial charge in [-0.2, -0.15) is 5.10 Å². The van der Waals surface area contributed by atoms with Crippen LogP contribution in [0.4, 0.5) is 10.6 Å². The van der Waals surface area contributed by atoms with Crippen molar-refractivity contribution in [3.05, 3.63) is 83.7 Å². The monoisotopic (exact) mass is 403 g/mol. The van der Waals surface area contributed by atoms with E-state index in [1.54, 1.807) is 11.8 Å². The number of hydrogen-bond donors (Lipinski definition) is 3. The van der Waals surface area contributed by atoms with E-state index in [9.17, 15) is 4.79 Å². The van der Waals surface area contributed by atoms with Crippen molar-refractivity contribution >= 4 is 22.8 Å². The summed E-state index contributed by atoms with van der Waals surface area (Å²) in [5.41, 5.74) is 3.99. The molecule has 0 fully saturated rings. The third-order valence-corrected chi connectivity index (χ3v) is 4.94. The number of rotatable bonds is 7. The van der Waals surface area contributed by atoms with Crippen LogP contribution in [0.1, 0.15) is 22.9 Å². The first kappa shape index (κ1) is 19.7. The van der Waals surface area contributed by atoms with Crippen molar-refractivity contribution in [3.8, 4) is 0 Å². The van der Waals surface area contributed by atoms with Crippen molar-refractivity contribution in [2.75, 3.05) is 19.0 Å². The molecule has 1 unspecified atom stereocenters. The Labute approximate surface area is 175 Å². The summed E-state index contributed by atoms with van der Waals surface area (Å²) in [4.78, 5) is 16.0. The van der Waals surface area contributed by atoms with Gasteiger partial charge < -0.3 is 15.0 Å². The highest BCUT2D eigenvalue weighted by Crippen LogP contribution is 2.21. The van der Waals surface area contributed by atoms with Gasteiger partial charge in [-0.05, 0) is 41.6 Å². The lowest BCUT2D eigenvalue weighted by atomic mass is 10.1. The Morgan fingerprint density at radius 1 is 1.17 bits per heavy atom. The van der Waals surface area contributed by atoms with E-state index < -0.39 is 0 Å². The predicted molar refractivity (Wildman–Crippen MR) is 118 cm³/mol. The maximum absolute atomic E-state index is 12.8. The van der Waals surface area contributed by atoms with E-state index in [0.29, 0.717) is 19.0 Å². The summed E-state index contributed by atoms with van der Waals surface area (Å²) in [5.74, 6) is 0.645. The number of ether oxygens (including phenoxy) is 1. The number of benzene rings is 2. The van der Waals surface area contributed by atoms with Gasteiger partial charge in [0, 0.05) is 24.9 Å². The van der Waals surface area contributed by atoms with Crippen LogP contribution in [0.25, 0.3) is 10.9 Å². The minimum Gasteiger partial charge on any atom is -0.382 e. The number of fused-ring (bicyclic) bond motifs is 1. The molecule has 0 aliphatic heterocycles. The van der Waals surface area contributed by atoms with Crippen LogP contribution in [0.5, 0.6) is 0 Å². The predicted octanol–water partition coefficient (Wildman–Crippen LogP) is 4.23. The van der Waals surface area contributed by atoms with Gasteiger partial charge in [-0.1, -0.05) is 36.4 Å². The van der Waals surface area contributed by atoms with Gasteiger partial charge >= 0.3 is 6.03 Å². The van der Waals surface area contributed by atoms with Crippen LogP contribution in [-0.4, -0.2) is 34.5 Å². The first-order chi connectivity index (χ1) is 14.6. The second kappa shape index (κ2) is 8.84. The van der Waals surface area contributed by atoms with Crippen molar-refractivity contribution in [3.63, 3.8) is 0 Å². The third-order valence-electron chi connectivity index (χ3n) is 4.94. The van der Waals surface area contributed by atoms with Crippen LogP contribution in [0.2, 0.25) is 0 Å². The number of amides is 2. The summed E-state index contributed by atoms with van der Waals surface area (Å²) in [7, 11) is 1.62. The Morgan fingerprint density at radius 3 is 2.80 bits per heavy atom. The van der Waals surface area contributed by atoms with Crippen LogP contribution in [0.15, 0.2) is 66.9 Å². The number of aromatic nitrogens is 3. The van der Waals surface area contributed by atoms with Crippen LogP contribution >= 0.6 is 0 Å². The fourth-order valence-electron chi connectivity index (χ4n) is 3.51. The average Bonchev–Trinajstić information content (AvgIpc) is 3.34. The van der Waals surface area contributed by atoms with Gasteiger partial charge in [0.15, 0.2) is 0 Å². The lowest BCUT2D eigenvalue weighted by molar-refractivity contribution is 0.168. The molecule has 0 saturated heterocycles.